The van der Waals surface area contributed by atoms with E-state index in [0.717, 1.165) is 31.5 Å². The number of hydrogen-bond donors (Lipinski definition) is 2. The second kappa shape index (κ2) is 6.26. The third kappa shape index (κ3) is 3.49. The van der Waals surface area contributed by atoms with Gasteiger partial charge in [0.2, 0.25) is 0 Å². The van der Waals surface area contributed by atoms with Crippen molar-refractivity contribution < 1.29 is 5.11 Å². The van der Waals surface area contributed by atoms with E-state index in [4.69, 9.17) is 23.2 Å². The summed E-state index contributed by atoms with van der Waals surface area (Å²) in [7, 11) is 0. The molecule has 1 saturated heterocycles. The lowest BCUT2D eigenvalue weighted by atomic mass is 9.87. The zero-order valence-electron chi connectivity index (χ0n) is 9.38. The van der Waals surface area contributed by atoms with Crippen molar-refractivity contribution in [2.24, 2.45) is 0 Å². The maximum Gasteiger partial charge on any atom is 0.0909 e. The number of hydrogen-bond acceptors (Lipinski definition) is 2. The molecule has 2 nitrogen and oxygen atoms in total. The lowest BCUT2D eigenvalue weighted by Gasteiger charge is -2.27. The standard InChI is InChI=1S/C12H15Cl2NO.ClH/c13-10-3-2-9(8-11(10)14)12(16)4-1-6-15-7-5-12;/h2-3,8,15-16H,1,4-7H2;1H. The summed E-state index contributed by atoms with van der Waals surface area (Å²) in [6.07, 6.45) is 2.44. The summed E-state index contributed by atoms with van der Waals surface area (Å²) >= 11 is 11.8. The van der Waals surface area contributed by atoms with Gasteiger partial charge in [-0.15, -0.1) is 12.4 Å². The Balaban J connectivity index is 0.00000144. The van der Waals surface area contributed by atoms with Gasteiger partial charge in [0, 0.05) is 0 Å². The van der Waals surface area contributed by atoms with Crippen LogP contribution in [-0.4, -0.2) is 18.2 Å². The van der Waals surface area contributed by atoms with Gasteiger partial charge in [-0.25, -0.2) is 0 Å². The average molecular weight is 297 g/mol. The van der Waals surface area contributed by atoms with Crippen LogP contribution in [0.25, 0.3) is 0 Å². The summed E-state index contributed by atoms with van der Waals surface area (Å²) < 4.78 is 0. The summed E-state index contributed by atoms with van der Waals surface area (Å²) in [5.41, 5.74) is 0.100. The van der Waals surface area contributed by atoms with Gasteiger partial charge in [-0.3, -0.25) is 0 Å². The minimum absolute atomic E-state index is 0. The molecule has 1 aromatic carbocycles. The molecule has 5 heteroatoms. The van der Waals surface area contributed by atoms with Crippen LogP contribution in [0.1, 0.15) is 24.8 Å². The Labute approximate surface area is 118 Å². The van der Waals surface area contributed by atoms with E-state index >= 15 is 0 Å². The van der Waals surface area contributed by atoms with Crippen molar-refractivity contribution in [2.75, 3.05) is 13.1 Å². The Kier molecular flexibility index (Phi) is 5.55. The van der Waals surface area contributed by atoms with Gasteiger partial charge in [-0.2, -0.15) is 0 Å². The molecule has 17 heavy (non-hydrogen) atoms. The van der Waals surface area contributed by atoms with Gasteiger partial charge in [0.1, 0.15) is 0 Å². The number of rotatable bonds is 1. The van der Waals surface area contributed by atoms with Crippen LogP contribution in [0.15, 0.2) is 18.2 Å². The van der Waals surface area contributed by atoms with E-state index in [1.165, 1.54) is 0 Å². The molecule has 0 aromatic heterocycles. The Morgan fingerprint density at radius 2 is 1.88 bits per heavy atom. The van der Waals surface area contributed by atoms with Gasteiger partial charge in [-0.1, -0.05) is 29.3 Å². The first-order valence-electron chi connectivity index (χ1n) is 5.50. The minimum atomic E-state index is -0.766. The highest BCUT2D eigenvalue weighted by atomic mass is 35.5. The van der Waals surface area contributed by atoms with Gasteiger partial charge in [0.05, 0.1) is 15.6 Å². The molecule has 2 N–H and O–H groups in total. The fraction of sp³-hybridized carbons (Fsp3) is 0.500. The molecular formula is C12H16Cl3NO. The molecule has 0 aliphatic carbocycles. The van der Waals surface area contributed by atoms with Gasteiger partial charge in [0.15, 0.2) is 0 Å². The fourth-order valence-electron chi connectivity index (χ4n) is 2.13. The van der Waals surface area contributed by atoms with Crippen LogP contribution in [0.5, 0.6) is 0 Å². The Bertz CT molecular complexity index is 376. The average Bonchev–Trinajstić information content (AvgIpc) is 2.48. The van der Waals surface area contributed by atoms with E-state index in [1.54, 1.807) is 12.1 Å². The Morgan fingerprint density at radius 3 is 2.59 bits per heavy atom. The molecule has 96 valence electrons. The lowest BCUT2D eigenvalue weighted by molar-refractivity contribution is 0.0240. The summed E-state index contributed by atoms with van der Waals surface area (Å²) in [6.45, 7) is 1.79. The van der Waals surface area contributed by atoms with Crippen molar-refractivity contribution in [2.45, 2.75) is 24.9 Å². The van der Waals surface area contributed by atoms with Crippen LogP contribution < -0.4 is 5.32 Å². The van der Waals surface area contributed by atoms with Crippen LogP contribution in [0.4, 0.5) is 0 Å². The molecule has 1 aliphatic rings. The molecular weight excluding hydrogens is 280 g/mol. The van der Waals surface area contributed by atoms with Crippen molar-refractivity contribution in [3.8, 4) is 0 Å². The highest BCUT2D eigenvalue weighted by Crippen LogP contribution is 2.34. The van der Waals surface area contributed by atoms with Crippen molar-refractivity contribution in [1.82, 2.24) is 5.32 Å². The lowest BCUT2D eigenvalue weighted by Crippen LogP contribution is -2.27. The second-order valence-electron chi connectivity index (χ2n) is 4.26. The van der Waals surface area contributed by atoms with Crippen molar-refractivity contribution in [3.63, 3.8) is 0 Å². The van der Waals surface area contributed by atoms with Gasteiger partial charge in [0.25, 0.3) is 0 Å². The molecule has 0 radical (unpaired) electrons. The maximum absolute atomic E-state index is 10.6. The number of halogens is 3. The Hall–Kier alpha value is 0.01000. The van der Waals surface area contributed by atoms with E-state index in [1.807, 2.05) is 6.07 Å². The molecule has 0 saturated carbocycles. The van der Waals surface area contributed by atoms with E-state index in [2.05, 4.69) is 5.32 Å². The zero-order chi connectivity index (χ0) is 11.6. The topological polar surface area (TPSA) is 32.3 Å². The highest BCUT2D eigenvalue weighted by Gasteiger charge is 2.30. The quantitative estimate of drug-likeness (QED) is 0.833. The van der Waals surface area contributed by atoms with Crippen LogP contribution in [0.2, 0.25) is 10.0 Å². The molecule has 0 bridgehead atoms. The molecule has 0 amide bonds. The fourth-order valence-corrected chi connectivity index (χ4v) is 2.42. The van der Waals surface area contributed by atoms with Crippen LogP contribution in [0.3, 0.4) is 0 Å². The molecule has 1 aliphatic heterocycles. The zero-order valence-corrected chi connectivity index (χ0v) is 11.7. The highest BCUT2D eigenvalue weighted by molar-refractivity contribution is 6.42. The first-order valence-corrected chi connectivity index (χ1v) is 6.26. The van der Waals surface area contributed by atoms with Crippen molar-refractivity contribution in [1.29, 1.82) is 0 Å². The molecule has 2 rings (SSSR count). The van der Waals surface area contributed by atoms with Gasteiger partial charge >= 0.3 is 0 Å². The molecule has 1 unspecified atom stereocenters. The van der Waals surface area contributed by atoms with E-state index in [-0.39, 0.29) is 12.4 Å². The van der Waals surface area contributed by atoms with Gasteiger partial charge < -0.3 is 10.4 Å². The predicted molar refractivity (Wildman–Crippen MR) is 74.3 cm³/mol. The Morgan fingerprint density at radius 1 is 1.12 bits per heavy atom. The van der Waals surface area contributed by atoms with Crippen LogP contribution in [-0.2, 0) is 5.60 Å². The molecule has 1 aromatic rings. The number of benzene rings is 1. The second-order valence-corrected chi connectivity index (χ2v) is 5.08. The van der Waals surface area contributed by atoms with Crippen molar-refractivity contribution in [3.05, 3.63) is 33.8 Å². The number of aliphatic hydroxyl groups is 1. The number of nitrogens with one attached hydrogen (secondary N) is 1. The first kappa shape index (κ1) is 15.1. The third-order valence-corrected chi connectivity index (χ3v) is 3.86. The first-order chi connectivity index (χ1) is 7.62. The predicted octanol–water partition coefficient (Wildman–Crippen LogP) is 3.38. The SMILES string of the molecule is Cl.OC1(c2ccc(Cl)c(Cl)c2)CCCNCC1. The summed E-state index contributed by atoms with van der Waals surface area (Å²) in [5.74, 6) is 0. The van der Waals surface area contributed by atoms with Crippen LogP contribution >= 0.6 is 35.6 Å². The van der Waals surface area contributed by atoms with Crippen LogP contribution in [0, 0.1) is 0 Å². The molecule has 1 fully saturated rings. The smallest absolute Gasteiger partial charge is 0.0909 e. The van der Waals surface area contributed by atoms with E-state index in [0.29, 0.717) is 16.5 Å². The summed E-state index contributed by atoms with van der Waals surface area (Å²) in [6, 6.07) is 5.38. The van der Waals surface area contributed by atoms with E-state index < -0.39 is 5.60 Å². The summed E-state index contributed by atoms with van der Waals surface area (Å²) in [4.78, 5) is 0. The van der Waals surface area contributed by atoms with Crippen molar-refractivity contribution >= 4 is 35.6 Å². The summed E-state index contributed by atoms with van der Waals surface area (Å²) in [5, 5.41) is 14.9. The third-order valence-electron chi connectivity index (χ3n) is 3.12. The molecule has 0 spiro atoms. The monoisotopic (exact) mass is 295 g/mol. The largest absolute Gasteiger partial charge is 0.385 e. The molecule has 1 atom stereocenters. The molecule has 1 heterocycles. The maximum atomic E-state index is 10.6. The minimum Gasteiger partial charge on any atom is -0.385 e. The normalized spacial score (nSPS) is 24.9. The van der Waals surface area contributed by atoms with Gasteiger partial charge in [-0.05, 0) is 50.0 Å². The van der Waals surface area contributed by atoms with E-state index in [9.17, 15) is 5.11 Å².